The molecule has 0 saturated carbocycles. The maximum atomic E-state index is 6.20. The Morgan fingerprint density at radius 1 is 0.938 bits per heavy atom. The maximum Gasteiger partial charge on any atom is 0.0324 e. The Kier molecular flexibility index (Phi) is 4.34. The molecule has 2 rings (SSSR count). The summed E-state index contributed by atoms with van der Waals surface area (Å²) in [6, 6.07) is 14.9. The Balaban J connectivity index is 0.00000128. The van der Waals surface area contributed by atoms with Crippen LogP contribution in [0.5, 0.6) is 0 Å². The van der Waals surface area contributed by atoms with Gasteiger partial charge in [-0.2, -0.15) is 0 Å². The fraction of sp³-hybridized carbons (Fsp3) is 0.286. The molecule has 1 atom stereocenters. The normalized spacial score (nSPS) is 12.5. The summed E-state index contributed by atoms with van der Waals surface area (Å²) < 4.78 is 0. The standard InChI is InChI=1S/C14H17N.ClH/c1-10(2)14(15)13-9-5-7-11-6-3-4-8-12(11)13;/h3-10,14H,15H2,1-2H3;1H. The first-order chi connectivity index (χ1) is 7.20. The summed E-state index contributed by atoms with van der Waals surface area (Å²) >= 11 is 0. The number of halogens is 1. The van der Waals surface area contributed by atoms with Crippen molar-refractivity contribution in [3.05, 3.63) is 48.0 Å². The Morgan fingerprint density at radius 2 is 1.56 bits per heavy atom. The van der Waals surface area contributed by atoms with Crippen molar-refractivity contribution >= 4 is 23.2 Å². The molecular weight excluding hydrogens is 218 g/mol. The van der Waals surface area contributed by atoms with Gasteiger partial charge in [0.05, 0.1) is 0 Å². The third-order valence-corrected chi connectivity index (χ3v) is 2.90. The summed E-state index contributed by atoms with van der Waals surface area (Å²) in [5.74, 6) is 0.468. The van der Waals surface area contributed by atoms with Gasteiger partial charge < -0.3 is 5.73 Å². The van der Waals surface area contributed by atoms with E-state index in [4.69, 9.17) is 5.73 Å². The van der Waals surface area contributed by atoms with Crippen LogP contribution in [0.1, 0.15) is 25.5 Å². The molecule has 1 nitrogen and oxygen atoms in total. The Labute approximate surface area is 103 Å². The second-order valence-corrected chi connectivity index (χ2v) is 4.34. The van der Waals surface area contributed by atoms with Gasteiger partial charge in [0.25, 0.3) is 0 Å². The third kappa shape index (κ3) is 2.37. The van der Waals surface area contributed by atoms with Gasteiger partial charge in [-0.1, -0.05) is 56.3 Å². The van der Waals surface area contributed by atoms with Gasteiger partial charge in [0.2, 0.25) is 0 Å². The zero-order valence-corrected chi connectivity index (χ0v) is 10.5. The molecule has 2 heteroatoms. The van der Waals surface area contributed by atoms with Gasteiger partial charge in [0.1, 0.15) is 0 Å². The molecule has 0 saturated heterocycles. The van der Waals surface area contributed by atoms with Crippen molar-refractivity contribution in [1.29, 1.82) is 0 Å². The first-order valence-corrected chi connectivity index (χ1v) is 5.43. The van der Waals surface area contributed by atoms with E-state index in [9.17, 15) is 0 Å². The van der Waals surface area contributed by atoms with E-state index >= 15 is 0 Å². The largest absolute Gasteiger partial charge is 0.324 e. The van der Waals surface area contributed by atoms with Crippen molar-refractivity contribution in [3.8, 4) is 0 Å². The molecule has 2 aromatic rings. The topological polar surface area (TPSA) is 26.0 Å². The van der Waals surface area contributed by atoms with Crippen molar-refractivity contribution in [2.75, 3.05) is 0 Å². The van der Waals surface area contributed by atoms with Gasteiger partial charge in [-0.25, -0.2) is 0 Å². The average Bonchev–Trinajstić information content (AvgIpc) is 2.27. The first kappa shape index (κ1) is 13.0. The van der Waals surface area contributed by atoms with Crippen LogP contribution in [0.15, 0.2) is 42.5 Å². The van der Waals surface area contributed by atoms with Crippen molar-refractivity contribution in [2.24, 2.45) is 11.7 Å². The van der Waals surface area contributed by atoms with Gasteiger partial charge >= 0.3 is 0 Å². The van der Waals surface area contributed by atoms with Crippen LogP contribution in [0, 0.1) is 5.92 Å². The van der Waals surface area contributed by atoms with Crippen molar-refractivity contribution in [2.45, 2.75) is 19.9 Å². The van der Waals surface area contributed by atoms with Crippen LogP contribution in [0.3, 0.4) is 0 Å². The number of hydrogen-bond donors (Lipinski definition) is 1. The smallest absolute Gasteiger partial charge is 0.0324 e. The highest BCUT2D eigenvalue weighted by Crippen LogP contribution is 2.26. The molecule has 0 aliphatic rings. The van der Waals surface area contributed by atoms with E-state index in [1.54, 1.807) is 0 Å². The molecule has 1 unspecified atom stereocenters. The molecule has 2 aromatic carbocycles. The molecule has 0 bridgehead atoms. The predicted molar refractivity (Wildman–Crippen MR) is 73.0 cm³/mol. The van der Waals surface area contributed by atoms with Crippen LogP contribution in [-0.4, -0.2) is 0 Å². The van der Waals surface area contributed by atoms with Gasteiger partial charge in [-0.15, -0.1) is 12.4 Å². The molecule has 0 spiro atoms. The zero-order chi connectivity index (χ0) is 10.8. The SMILES string of the molecule is CC(C)C(N)c1cccc2ccccc12.Cl. The van der Waals surface area contributed by atoms with E-state index in [0.717, 1.165) is 0 Å². The van der Waals surface area contributed by atoms with E-state index in [2.05, 4.69) is 56.3 Å². The molecule has 0 aromatic heterocycles. The minimum Gasteiger partial charge on any atom is -0.324 e. The molecular formula is C14H18ClN. The van der Waals surface area contributed by atoms with E-state index in [0.29, 0.717) is 5.92 Å². The van der Waals surface area contributed by atoms with E-state index in [1.807, 2.05) is 0 Å². The molecule has 0 heterocycles. The van der Waals surface area contributed by atoms with Gasteiger partial charge in [-0.3, -0.25) is 0 Å². The Bertz CT molecular complexity index is 460. The molecule has 0 radical (unpaired) electrons. The summed E-state index contributed by atoms with van der Waals surface area (Å²) in [5.41, 5.74) is 7.46. The fourth-order valence-corrected chi connectivity index (χ4v) is 1.90. The minimum atomic E-state index is 0. The predicted octanol–water partition coefficient (Wildman–Crippen LogP) is 3.92. The van der Waals surface area contributed by atoms with E-state index in [1.165, 1.54) is 16.3 Å². The summed E-state index contributed by atoms with van der Waals surface area (Å²) in [7, 11) is 0. The van der Waals surface area contributed by atoms with Crippen molar-refractivity contribution in [1.82, 2.24) is 0 Å². The van der Waals surface area contributed by atoms with Gasteiger partial charge in [-0.05, 0) is 22.3 Å². The zero-order valence-electron chi connectivity index (χ0n) is 9.68. The first-order valence-electron chi connectivity index (χ1n) is 5.43. The molecule has 0 aliphatic heterocycles. The molecule has 16 heavy (non-hydrogen) atoms. The number of fused-ring (bicyclic) bond motifs is 1. The minimum absolute atomic E-state index is 0. The van der Waals surface area contributed by atoms with E-state index < -0.39 is 0 Å². The quantitative estimate of drug-likeness (QED) is 0.839. The van der Waals surface area contributed by atoms with Gasteiger partial charge in [0, 0.05) is 6.04 Å². The lowest BCUT2D eigenvalue weighted by Crippen LogP contribution is -2.16. The molecule has 0 amide bonds. The second-order valence-electron chi connectivity index (χ2n) is 4.34. The second kappa shape index (κ2) is 5.33. The lowest BCUT2D eigenvalue weighted by atomic mass is 9.92. The van der Waals surface area contributed by atoms with Gasteiger partial charge in [0.15, 0.2) is 0 Å². The van der Waals surface area contributed by atoms with Crippen LogP contribution in [0.4, 0.5) is 0 Å². The van der Waals surface area contributed by atoms with Crippen LogP contribution < -0.4 is 5.73 Å². The van der Waals surface area contributed by atoms with Crippen LogP contribution in [-0.2, 0) is 0 Å². The van der Waals surface area contributed by atoms with E-state index in [-0.39, 0.29) is 18.4 Å². The number of rotatable bonds is 2. The molecule has 2 N–H and O–H groups in total. The monoisotopic (exact) mass is 235 g/mol. The molecule has 0 aliphatic carbocycles. The number of benzene rings is 2. The fourth-order valence-electron chi connectivity index (χ4n) is 1.90. The lowest BCUT2D eigenvalue weighted by Gasteiger charge is -2.18. The van der Waals surface area contributed by atoms with Crippen LogP contribution >= 0.6 is 12.4 Å². The highest BCUT2D eigenvalue weighted by atomic mass is 35.5. The third-order valence-electron chi connectivity index (χ3n) is 2.90. The summed E-state index contributed by atoms with van der Waals surface area (Å²) in [4.78, 5) is 0. The average molecular weight is 236 g/mol. The summed E-state index contributed by atoms with van der Waals surface area (Å²) in [6.45, 7) is 4.32. The summed E-state index contributed by atoms with van der Waals surface area (Å²) in [5, 5.41) is 2.55. The Hall–Kier alpha value is -1.05. The summed E-state index contributed by atoms with van der Waals surface area (Å²) in [6.07, 6.45) is 0. The number of nitrogens with two attached hydrogens (primary N) is 1. The van der Waals surface area contributed by atoms with Crippen molar-refractivity contribution in [3.63, 3.8) is 0 Å². The van der Waals surface area contributed by atoms with Crippen LogP contribution in [0.25, 0.3) is 10.8 Å². The molecule has 0 fully saturated rings. The lowest BCUT2D eigenvalue weighted by molar-refractivity contribution is 0.517. The maximum absolute atomic E-state index is 6.20. The van der Waals surface area contributed by atoms with Crippen molar-refractivity contribution < 1.29 is 0 Å². The molecule has 86 valence electrons. The highest BCUT2D eigenvalue weighted by Gasteiger charge is 2.12. The highest BCUT2D eigenvalue weighted by molar-refractivity contribution is 5.86. The van der Waals surface area contributed by atoms with Crippen LogP contribution in [0.2, 0.25) is 0 Å². The Morgan fingerprint density at radius 3 is 2.25 bits per heavy atom. The number of hydrogen-bond acceptors (Lipinski definition) is 1.